The second kappa shape index (κ2) is 5.90. The van der Waals surface area contributed by atoms with Gasteiger partial charge in [-0.3, -0.25) is 5.10 Å². The minimum atomic E-state index is -0.661. The lowest BCUT2D eigenvalue weighted by Gasteiger charge is -2.09. The number of rotatable bonds is 3. The van der Waals surface area contributed by atoms with E-state index < -0.39 is 11.6 Å². The number of hydrogen-bond acceptors (Lipinski definition) is 4. The Morgan fingerprint density at radius 3 is 2.72 bits per heavy atom. The number of fused-ring (bicyclic) bond motifs is 1. The van der Waals surface area contributed by atoms with Gasteiger partial charge in [0.2, 0.25) is 0 Å². The van der Waals surface area contributed by atoms with Gasteiger partial charge in [-0.1, -0.05) is 18.2 Å². The highest BCUT2D eigenvalue weighted by molar-refractivity contribution is 6.03. The molecular formula is C19H14FN3O2. The largest absolute Gasteiger partial charge is 0.505 e. The van der Waals surface area contributed by atoms with Crippen LogP contribution >= 0.6 is 0 Å². The first kappa shape index (κ1) is 15.1. The van der Waals surface area contributed by atoms with Crippen molar-refractivity contribution in [2.45, 2.75) is 0 Å². The molecular weight excluding hydrogens is 321 g/mol. The van der Waals surface area contributed by atoms with Gasteiger partial charge in [0.25, 0.3) is 0 Å². The van der Waals surface area contributed by atoms with E-state index in [1.807, 2.05) is 30.3 Å². The maximum atomic E-state index is 13.4. The highest BCUT2D eigenvalue weighted by Crippen LogP contribution is 2.38. The number of aromatic nitrogens is 3. The minimum Gasteiger partial charge on any atom is -0.505 e. The van der Waals surface area contributed by atoms with Crippen molar-refractivity contribution in [1.29, 1.82) is 0 Å². The highest BCUT2D eigenvalue weighted by atomic mass is 19.1. The van der Waals surface area contributed by atoms with E-state index in [1.165, 1.54) is 12.1 Å². The zero-order valence-corrected chi connectivity index (χ0v) is 13.3. The van der Waals surface area contributed by atoms with Crippen LogP contribution in [0.2, 0.25) is 0 Å². The Morgan fingerprint density at radius 1 is 1.08 bits per heavy atom. The molecule has 0 radical (unpaired) electrons. The summed E-state index contributed by atoms with van der Waals surface area (Å²) >= 11 is 0. The topological polar surface area (TPSA) is 71.0 Å². The van der Waals surface area contributed by atoms with Gasteiger partial charge in [-0.2, -0.15) is 5.10 Å². The summed E-state index contributed by atoms with van der Waals surface area (Å²) in [5.41, 5.74) is 3.58. The third-order valence-electron chi connectivity index (χ3n) is 4.09. The Labute approximate surface area is 142 Å². The quantitative estimate of drug-likeness (QED) is 0.590. The van der Waals surface area contributed by atoms with E-state index in [2.05, 4.69) is 15.2 Å². The van der Waals surface area contributed by atoms with Crippen molar-refractivity contribution in [3.8, 4) is 33.9 Å². The van der Waals surface area contributed by atoms with E-state index in [4.69, 9.17) is 4.74 Å². The molecule has 0 aliphatic carbocycles. The van der Waals surface area contributed by atoms with Gasteiger partial charge in [0.1, 0.15) is 5.75 Å². The Hall–Kier alpha value is -3.41. The van der Waals surface area contributed by atoms with Crippen LogP contribution < -0.4 is 4.74 Å². The molecule has 0 atom stereocenters. The smallest absolute Gasteiger partial charge is 0.182 e. The molecule has 4 aromatic rings. The number of nitrogens with zero attached hydrogens (tertiary/aromatic N) is 2. The fourth-order valence-electron chi connectivity index (χ4n) is 2.91. The second-order valence-electron chi connectivity index (χ2n) is 5.52. The Balaban J connectivity index is 2.01. The van der Waals surface area contributed by atoms with Gasteiger partial charge >= 0.3 is 0 Å². The molecule has 0 bridgehead atoms. The van der Waals surface area contributed by atoms with Crippen molar-refractivity contribution in [2.24, 2.45) is 0 Å². The Kier molecular flexibility index (Phi) is 3.57. The van der Waals surface area contributed by atoms with Gasteiger partial charge in [0.05, 0.1) is 18.2 Å². The zero-order valence-electron chi connectivity index (χ0n) is 13.3. The van der Waals surface area contributed by atoms with Gasteiger partial charge in [-0.25, -0.2) is 9.37 Å². The number of para-hydroxylation sites is 1. The third-order valence-corrected chi connectivity index (χ3v) is 4.09. The van der Waals surface area contributed by atoms with Crippen LogP contribution in [0.1, 0.15) is 0 Å². The fraction of sp³-hybridized carbons (Fsp3) is 0.0526. The molecule has 0 saturated heterocycles. The average Bonchev–Trinajstić information content (AvgIpc) is 3.08. The van der Waals surface area contributed by atoms with Crippen molar-refractivity contribution in [3.05, 3.63) is 60.5 Å². The molecule has 2 aromatic heterocycles. The predicted octanol–water partition coefficient (Wildman–Crippen LogP) is 4.15. The molecule has 2 N–H and O–H groups in total. The first-order valence-electron chi connectivity index (χ1n) is 7.64. The van der Waals surface area contributed by atoms with E-state index in [9.17, 15) is 9.50 Å². The summed E-state index contributed by atoms with van der Waals surface area (Å²) in [4.78, 5) is 4.29. The summed E-state index contributed by atoms with van der Waals surface area (Å²) < 4.78 is 18.9. The van der Waals surface area contributed by atoms with Crippen LogP contribution in [0, 0.1) is 5.82 Å². The summed E-state index contributed by atoms with van der Waals surface area (Å²) in [6, 6.07) is 13.6. The summed E-state index contributed by atoms with van der Waals surface area (Å²) in [7, 11) is 1.61. The number of ether oxygens (including phenoxy) is 1. The van der Waals surface area contributed by atoms with Crippen molar-refractivity contribution < 1.29 is 14.2 Å². The van der Waals surface area contributed by atoms with Crippen LogP contribution in [0.3, 0.4) is 0 Å². The lowest BCUT2D eigenvalue weighted by atomic mass is 9.99. The number of H-pyrrole nitrogens is 1. The SMILES string of the molecule is COc1ccccc1-c1[nH]nc2nccc(-c3ccc(F)c(O)c3)c12. The number of phenolic OH excluding ortho intramolecular Hbond substituents is 1. The summed E-state index contributed by atoms with van der Waals surface area (Å²) in [6.45, 7) is 0. The van der Waals surface area contributed by atoms with E-state index in [0.29, 0.717) is 17.0 Å². The molecule has 0 aliphatic rings. The number of aromatic amines is 1. The normalized spacial score (nSPS) is 11.0. The first-order chi connectivity index (χ1) is 12.2. The summed E-state index contributed by atoms with van der Waals surface area (Å²) in [6.07, 6.45) is 1.63. The third kappa shape index (κ3) is 2.48. The Morgan fingerprint density at radius 2 is 1.92 bits per heavy atom. The lowest BCUT2D eigenvalue weighted by molar-refractivity contribution is 0.416. The highest BCUT2D eigenvalue weighted by Gasteiger charge is 2.17. The Bertz CT molecular complexity index is 1080. The molecule has 0 unspecified atom stereocenters. The van der Waals surface area contributed by atoms with Crippen LogP contribution in [0.5, 0.6) is 11.5 Å². The maximum Gasteiger partial charge on any atom is 0.182 e. The number of phenols is 1. The minimum absolute atomic E-state index is 0.398. The number of nitrogens with one attached hydrogen (secondary N) is 1. The van der Waals surface area contributed by atoms with E-state index in [1.54, 1.807) is 19.4 Å². The maximum absolute atomic E-state index is 13.4. The second-order valence-corrected chi connectivity index (χ2v) is 5.52. The van der Waals surface area contributed by atoms with Crippen molar-refractivity contribution in [3.63, 3.8) is 0 Å². The van der Waals surface area contributed by atoms with Crippen LogP contribution in [0.25, 0.3) is 33.4 Å². The molecule has 0 fully saturated rings. The van der Waals surface area contributed by atoms with Gasteiger partial charge in [0, 0.05) is 11.8 Å². The van der Waals surface area contributed by atoms with E-state index in [0.717, 1.165) is 22.2 Å². The first-order valence-corrected chi connectivity index (χ1v) is 7.64. The average molecular weight is 335 g/mol. The predicted molar refractivity (Wildman–Crippen MR) is 92.9 cm³/mol. The van der Waals surface area contributed by atoms with Crippen molar-refractivity contribution >= 4 is 11.0 Å². The molecule has 0 amide bonds. The fourth-order valence-corrected chi connectivity index (χ4v) is 2.91. The molecule has 0 saturated carbocycles. The van der Waals surface area contributed by atoms with Crippen LogP contribution in [0.15, 0.2) is 54.7 Å². The number of benzene rings is 2. The monoisotopic (exact) mass is 335 g/mol. The number of methoxy groups -OCH3 is 1. The zero-order chi connectivity index (χ0) is 17.4. The lowest BCUT2D eigenvalue weighted by Crippen LogP contribution is -1.89. The van der Waals surface area contributed by atoms with Gasteiger partial charge < -0.3 is 9.84 Å². The summed E-state index contributed by atoms with van der Waals surface area (Å²) in [5, 5.41) is 17.8. The number of hydrogen-bond donors (Lipinski definition) is 2. The van der Waals surface area contributed by atoms with Crippen molar-refractivity contribution in [1.82, 2.24) is 15.2 Å². The molecule has 124 valence electrons. The molecule has 2 aromatic carbocycles. The van der Waals surface area contributed by atoms with Gasteiger partial charge in [-0.05, 0) is 41.5 Å². The van der Waals surface area contributed by atoms with Gasteiger partial charge in [0.15, 0.2) is 17.2 Å². The van der Waals surface area contributed by atoms with Crippen molar-refractivity contribution in [2.75, 3.05) is 7.11 Å². The standard InChI is InChI=1S/C19H14FN3O2/c1-25-16-5-3-2-4-13(16)18-17-12(8-9-21-19(17)23-22-18)11-6-7-14(20)15(24)10-11/h2-10,24H,1H3,(H,21,22,23). The molecule has 6 heteroatoms. The number of pyridine rings is 1. The molecule has 4 rings (SSSR count). The van der Waals surface area contributed by atoms with Crippen LogP contribution in [-0.4, -0.2) is 27.4 Å². The molecule has 2 heterocycles. The van der Waals surface area contributed by atoms with Crippen LogP contribution in [-0.2, 0) is 0 Å². The number of aromatic hydroxyl groups is 1. The molecule has 25 heavy (non-hydrogen) atoms. The summed E-state index contributed by atoms with van der Waals surface area (Å²) in [5.74, 6) is -0.360. The number of halogens is 1. The van der Waals surface area contributed by atoms with Crippen LogP contribution in [0.4, 0.5) is 4.39 Å². The molecule has 0 spiro atoms. The molecule has 0 aliphatic heterocycles. The van der Waals surface area contributed by atoms with E-state index >= 15 is 0 Å². The molecule has 5 nitrogen and oxygen atoms in total. The van der Waals surface area contributed by atoms with E-state index in [-0.39, 0.29) is 0 Å². The van der Waals surface area contributed by atoms with Gasteiger partial charge in [-0.15, -0.1) is 0 Å².